The van der Waals surface area contributed by atoms with Crippen molar-refractivity contribution in [3.05, 3.63) is 76.5 Å². The Morgan fingerprint density at radius 2 is 1.89 bits per heavy atom. The van der Waals surface area contributed by atoms with Gasteiger partial charge in [0.25, 0.3) is 0 Å². The minimum absolute atomic E-state index is 0.0750. The van der Waals surface area contributed by atoms with E-state index in [1.165, 1.54) is 30.3 Å². The number of hydrogen-bond donors (Lipinski definition) is 2. The Morgan fingerprint density at radius 1 is 1.11 bits per heavy atom. The molecule has 0 aliphatic carbocycles. The first-order valence-corrected chi connectivity index (χ1v) is 8.15. The van der Waals surface area contributed by atoms with Gasteiger partial charge in [0.05, 0.1) is 28.4 Å². The van der Waals surface area contributed by atoms with Gasteiger partial charge in [-0.1, -0.05) is 23.7 Å². The highest BCUT2D eigenvalue weighted by molar-refractivity contribution is 6.33. The van der Waals surface area contributed by atoms with Gasteiger partial charge in [-0.25, -0.2) is 4.79 Å². The number of benzene rings is 2. The van der Waals surface area contributed by atoms with Gasteiger partial charge in [-0.05, 0) is 42.5 Å². The van der Waals surface area contributed by atoms with E-state index in [2.05, 4.69) is 5.32 Å². The quantitative estimate of drug-likeness (QED) is 0.562. The number of nitrogens with one attached hydrogen (secondary N) is 1. The molecule has 0 fully saturated rings. The monoisotopic (exact) mass is 395 g/mol. The number of aromatic carboxylic acids is 1. The molecule has 2 aromatic carbocycles. The van der Waals surface area contributed by atoms with Crippen molar-refractivity contribution in [1.82, 2.24) is 0 Å². The van der Waals surface area contributed by atoms with Crippen LogP contribution in [0.15, 0.2) is 59.0 Å². The smallest absolute Gasteiger partial charge is 0.416 e. The summed E-state index contributed by atoms with van der Waals surface area (Å²) in [4.78, 5) is 11.0. The predicted molar refractivity (Wildman–Crippen MR) is 94.9 cm³/mol. The lowest BCUT2D eigenvalue weighted by Crippen LogP contribution is -2.04. The van der Waals surface area contributed by atoms with E-state index < -0.39 is 17.7 Å². The van der Waals surface area contributed by atoms with Crippen LogP contribution in [-0.2, 0) is 12.7 Å². The molecule has 8 heteroatoms. The fraction of sp³-hybridized carbons (Fsp3) is 0.105. The van der Waals surface area contributed by atoms with E-state index in [1.54, 1.807) is 12.1 Å². The largest absolute Gasteiger partial charge is 0.478 e. The maximum absolute atomic E-state index is 12.8. The number of furan rings is 1. The van der Waals surface area contributed by atoms with Crippen LogP contribution in [0.25, 0.3) is 11.3 Å². The maximum atomic E-state index is 12.8. The number of hydrogen-bond acceptors (Lipinski definition) is 3. The predicted octanol–water partition coefficient (Wildman–Crippen LogP) is 5.93. The van der Waals surface area contributed by atoms with E-state index >= 15 is 0 Å². The Kier molecular flexibility index (Phi) is 5.14. The van der Waals surface area contributed by atoms with E-state index in [9.17, 15) is 18.0 Å². The molecule has 4 nitrogen and oxygen atoms in total. The lowest BCUT2D eigenvalue weighted by Gasteiger charge is -2.08. The van der Waals surface area contributed by atoms with Crippen LogP contribution < -0.4 is 5.32 Å². The minimum atomic E-state index is -4.43. The Balaban J connectivity index is 1.76. The number of carboxylic acids is 1. The van der Waals surface area contributed by atoms with Crippen molar-refractivity contribution in [3.8, 4) is 11.3 Å². The fourth-order valence-corrected chi connectivity index (χ4v) is 2.64. The second kappa shape index (κ2) is 7.36. The third-order valence-electron chi connectivity index (χ3n) is 3.80. The van der Waals surface area contributed by atoms with Crippen molar-refractivity contribution in [2.24, 2.45) is 0 Å². The van der Waals surface area contributed by atoms with E-state index in [1.807, 2.05) is 0 Å². The minimum Gasteiger partial charge on any atom is -0.478 e. The summed E-state index contributed by atoms with van der Waals surface area (Å²) >= 11 is 6.04. The molecule has 0 spiro atoms. The first-order chi connectivity index (χ1) is 12.7. The first-order valence-electron chi connectivity index (χ1n) is 7.77. The van der Waals surface area contributed by atoms with E-state index in [0.29, 0.717) is 27.8 Å². The SMILES string of the molecule is O=C(O)c1ccc(Cl)c(NCc2ccc(-c3cccc(C(F)(F)F)c3)o2)c1. The van der Waals surface area contributed by atoms with Crippen molar-refractivity contribution in [1.29, 1.82) is 0 Å². The van der Waals surface area contributed by atoms with Crippen LogP contribution in [0, 0.1) is 0 Å². The molecule has 0 amide bonds. The normalized spacial score (nSPS) is 11.4. The topological polar surface area (TPSA) is 62.5 Å². The number of anilines is 1. The lowest BCUT2D eigenvalue weighted by molar-refractivity contribution is -0.137. The molecule has 0 unspecified atom stereocenters. The van der Waals surface area contributed by atoms with Crippen LogP contribution in [0.2, 0.25) is 5.02 Å². The highest BCUT2D eigenvalue weighted by Crippen LogP contribution is 2.33. The molecule has 0 atom stereocenters. The van der Waals surface area contributed by atoms with Crippen molar-refractivity contribution in [2.75, 3.05) is 5.32 Å². The molecule has 27 heavy (non-hydrogen) atoms. The highest BCUT2D eigenvalue weighted by Gasteiger charge is 2.30. The van der Waals surface area contributed by atoms with E-state index in [0.717, 1.165) is 12.1 Å². The molecule has 0 radical (unpaired) electrons. The third kappa shape index (κ3) is 4.43. The van der Waals surface area contributed by atoms with E-state index in [-0.39, 0.29) is 12.1 Å². The van der Waals surface area contributed by atoms with Crippen LogP contribution in [0.4, 0.5) is 18.9 Å². The van der Waals surface area contributed by atoms with Gasteiger partial charge in [-0.2, -0.15) is 13.2 Å². The second-order valence-corrected chi connectivity index (χ2v) is 6.11. The summed E-state index contributed by atoms with van der Waals surface area (Å²) in [6, 6.07) is 12.3. The molecule has 0 saturated heterocycles. The molecule has 0 bridgehead atoms. The zero-order valence-corrected chi connectivity index (χ0v) is 14.4. The zero-order chi connectivity index (χ0) is 19.6. The first kappa shape index (κ1) is 18.8. The van der Waals surface area contributed by atoms with Crippen molar-refractivity contribution < 1.29 is 27.5 Å². The van der Waals surface area contributed by atoms with Gasteiger partial charge in [0.1, 0.15) is 11.5 Å². The summed E-state index contributed by atoms with van der Waals surface area (Å²) in [6.45, 7) is 0.182. The summed E-state index contributed by atoms with van der Waals surface area (Å²) < 4.78 is 44.1. The zero-order valence-electron chi connectivity index (χ0n) is 13.7. The van der Waals surface area contributed by atoms with Crippen LogP contribution in [-0.4, -0.2) is 11.1 Å². The number of alkyl halides is 3. The van der Waals surface area contributed by atoms with Gasteiger partial charge in [-0.15, -0.1) is 0 Å². The number of halogens is 4. The summed E-state index contributed by atoms with van der Waals surface area (Å²) in [7, 11) is 0. The van der Waals surface area contributed by atoms with Crippen molar-refractivity contribution >= 4 is 23.3 Å². The van der Waals surface area contributed by atoms with Crippen LogP contribution in [0.3, 0.4) is 0 Å². The summed E-state index contributed by atoms with van der Waals surface area (Å²) in [6.07, 6.45) is -4.43. The highest BCUT2D eigenvalue weighted by atomic mass is 35.5. The number of carbonyl (C=O) groups is 1. The Labute approximate surface area is 157 Å². The van der Waals surface area contributed by atoms with Gasteiger partial charge in [-0.3, -0.25) is 0 Å². The summed E-state index contributed by atoms with van der Waals surface area (Å²) in [5.41, 5.74) is 0.0370. The van der Waals surface area contributed by atoms with Crippen molar-refractivity contribution in [2.45, 2.75) is 12.7 Å². The molecular formula is C19H13ClF3NO3. The molecule has 3 rings (SSSR count). The lowest BCUT2D eigenvalue weighted by atomic mass is 10.1. The molecule has 1 aromatic heterocycles. The van der Waals surface area contributed by atoms with Crippen LogP contribution >= 0.6 is 11.6 Å². The molecule has 2 N–H and O–H groups in total. The summed E-state index contributed by atoms with van der Waals surface area (Å²) in [5.74, 6) is -0.331. The van der Waals surface area contributed by atoms with Gasteiger partial charge < -0.3 is 14.8 Å². The third-order valence-corrected chi connectivity index (χ3v) is 4.13. The standard InChI is InChI=1S/C19H13ClF3NO3/c20-15-6-4-12(18(25)26)9-16(15)24-10-14-5-7-17(27-14)11-2-1-3-13(8-11)19(21,22)23/h1-9,24H,10H2,(H,25,26). The number of carboxylic acid groups (broad SMARTS) is 1. The second-order valence-electron chi connectivity index (χ2n) is 5.70. The molecule has 3 aromatic rings. The summed E-state index contributed by atoms with van der Waals surface area (Å²) in [5, 5.41) is 12.3. The molecule has 0 aliphatic heterocycles. The Hall–Kier alpha value is -2.93. The van der Waals surface area contributed by atoms with Gasteiger partial charge in [0.15, 0.2) is 0 Å². The Morgan fingerprint density at radius 3 is 2.59 bits per heavy atom. The number of rotatable bonds is 5. The van der Waals surface area contributed by atoms with Crippen LogP contribution in [0.1, 0.15) is 21.7 Å². The van der Waals surface area contributed by atoms with Gasteiger partial charge in [0, 0.05) is 5.56 Å². The Bertz CT molecular complexity index is 982. The molecule has 0 aliphatic rings. The van der Waals surface area contributed by atoms with Gasteiger partial charge in [0.2, 0.25) is 0 Å². The fourth-order valence-electron chi connectivity index (χ4n) is 2.45. The average molecular weight is 396 g/mol. The average Bonchev–Trinajstić information content (AvgIpc) is 3.09. The maximum Gasteiger partial charge on any atom is 0.416 e. The molecule has 0 saturated carbocycles. The molecule has 140 valence electrons. The molecule has 1 heterocycles. The van der Waals surface area contributed by atoms with Gasteiger partial charge >= 0.3 is 12.1 Å². The van der Waals surface area contributed by atoms with Crippen LogP contribution in [0.5, 0.6) is 0 Å². The van der Waals surface area contributed by atoms with E-state index in [4.69, 9.17) is 21.1 Å². The molecular weight excluding hydrogens is 383 g/mol. The van der Waals surface area contributed by atoms with Crippen molar-refractivity contribution in [3.63, 3.8) is 0 Å².